The quantitative estimate of drug-likeness (QED) is 0.845. The van der Waals surface area contributed by atoms with E-state index in [1.54, 1.807) is 0 Å². The van der Waals surface area contributed by atoms with Crippen LogP contribution in [0.25, 0.3) is 0 Å². The average Bonchev–Trinajstić information content (AvgIpc) is 3.00. The number of hydrogen-bond acceptors (Lipinski definition) is 3. The Morgan fingerprint density at radius 1 is 1.19 bits per heavy atom. The molecule has 114 valence electrons. The van der Waals surface area contributed by atoms with Crippen LogP contribution in [-0.4, -0.2) is 44.9 Å². The fraction of sp³-hybridized carbons (Fsp3) is 0.750. The Hall–Kier alpha value is -1.36. The molecule has 1 aromatic heterocycles. The second-order valence-corrected chi connectivity index (χ2v) is 6.79. The van der Waals surface area contributed by atoms with Crippen molar-refractivity contribution in [2.24, 2.45) is 5.92 Å². The lowest BCUT2D eigenvalue weighted by Crippen LogP contribution is -2.38. The minimum atomic E-state index is 0.327. The topological polar surface area (TPSA) is 41.4 Å². The molecule has 1 aromatic rings. The molecule has 0 N–H and O–H groups in total. The Balaban J connectivity index is 1.40. The minimum Gasteiger partial charge on any atom is -0.333 e. The lowest BCUT2D eigenvalue weighted by molar-refractivity contribution is -0.133. The lowest BCUT2D eigenvalue weighted by atomic mass is 10.2. The number of imidazole rings is 1. The van der Waals surface area contributed by atoms with Gasteiger partial charge >= 0.3 is 0 Å². The van der Waals surface area contributed by atoms with Crippen LogP contribution in [0.15, 0.2) is 6.20 Å². The van der Waals surface area contributed by atoms with E-state index in [-0.39, 0.29) is 0 Å². The van der Waals surface area contributed by atoms with Crippen molar-refractivity contribution < 1.29 is 4.79 Å². The Morgan fingerprint density at radius 2 is 2.00 bits per heavy atom. The van der Waals surface area contributed by atoms with Gasteiger partial charge in [0.2, 0.25) is 5.91 Å². The van der Waals surface area contributed by atoms with Gasteiger partial charge < -0.3 is 9.47 Å². The number of nitrogens with zero attached hydrogens (tertiary/aromatic N) is 4. The second kappa shape index (κ2) is 5.44. The minimum absolute atomic E-state index is 0.327. The van der Waals surface area contributed by atoms with Gasteiger partial charge in [0.15, 0.2) is 0 Å². The number of aromatic nitrogens is 2. The average molecular weight is 288 g/mol. The van der Waals surface area contributed by atoms with Crippen LogP contribution >= 0.6 is 0 Å². The van der Waals surface area contributed by atoms with E-state index in [1.807, 2.05) is 4.90 Å². The molecular weight excluding hydrogens is 264 g/mol. The summed E-state index contributed by atoms with van der Waals surface area (Å²) in [6, 6.07) is 0. The first-order valence-electron chi connectivity index (χ1n) is 8.33. The molecule has 1 aliphatic carbocycles. The van der Waals surface area contributed by atoms with Crippen LogP contribution < -0.4 is 0 Å². The second-order valence-electron chi connectivity index (χ2n) is 6.79. The molecule has 0 spiro atoms. The maximum Gasteiger partial charge on any atom is 0.223 e. The van der Waals surface area contributed by atoms with Crippen LogP contribution in [0.2, 0.25) is 0 Å². The lowest BCUT2D eigenvalue weighted by Gasteiger charge is -2.27. The van der Waals surface area contributed by atoms with Gasteiger partial charge in [0, 0.05) is 32.3 Å². The van der Waals surface area contributed by atoms with E-state index in [0.29, 0.717) is 18.4 Å². The molecule has 0 radical (unpaired) electrons. The van der Waals surface area contributed by atoms with Crippen molar-refractivity contribution in [1.29, 1.82) is 0 Å². The van der Waals surface area contributed by atoms with Crippen molar-refractivity contribution in [2.45, 2.75) is 51.7 Å². The predicted octanol–water partition coefficient (Wildman–Crippen LogP) is 1.62. The summed E-state index contributed by atoms with van der Waals surface area (Å²) in [6.45, 7) is 5.82. The smallest absolute Gasteiger partial charge is 0.223 e. The molecule has 1 amide bonds. The molecule has 2 aliphatic heterocycles. The summed E-state index contributed by atoms with van der Waals surface area (Å²) in [6.07, 6.45) is 8.06. The van der Waals surface area contributed by atoms with Gasteiger partial charge in [-0.2, -0.15) is 0 Å². The summed E-state index contributed by atoms with van der Waals surface area (Å²) in [5, 5.41) is 0. The molecule has 3 aliphatic rings. The molecule has 4 rings (SSSR count). The summed E-state index contributed by atoms with van der Waals surface area (Å²) in [5.74, 6) is 2.07. The number of carbonyl (C=O) groups excluding carboxylic acids is 1. The van der Waals surface area contributed by atoms with Crippen LogP contribution in [0.3, 0.4) is 0 Å². The Kier molecular flexibility index (Phi) is 3.45. The standard InChI is InChI=1S/C16H24N4O/c21-16(9-13-3-4-13)20-8-7-19-11-14(17-15(19)12-20)10-18-5-1-2-6-18/h11,13H,1-10,12H2. The Labute approximate surface area is 125 Å². The fourth-order valence-corrected chi connectivity index (χ4v) is 3.47. The molecule has 1 saturated heterocycles. The van der Waals surface area contributed by atoms with Crippen LogP contribution in [0.1, 0.15) is 43.6 Å². The van der Waals surface area contributed by atoms with Crippen LogP contribution in [0.4, 0.5) is 0 Å². The van der Waals surface area contributed by atoms with Gasteiger partial charge in [-0.05, 0) is 44.7 Å². The molecule has 3 heterocycles. The third-order valence-corrected chi connectivity index (χ3v) is 4.95. The van der Waals surface area contributed by atoms with Crippen molar-refractivity contribution in [1.82, 2.24) is 19.4 Å². The molecule has 5 nitrogen and oxygen atoms in total. The molecule has 21 heavy (non-hydrogen) atoms. The molecule has 2 fully saturated rings. The van der Waals surface area contributed by atoms with Gasteiger partial charge in [0.05, 0.1) is 12.2 Å². The summed E-state index contributed by atoms with van der Waals surface area (Å²) in [4.78, 5) is 21.5. The van der Waals surface area contributed by atoms with E-state index in [1.165, 1.54) is 44.5 Å². The van der Waals surface area contributed by atoms with Gasteiger partial charge in [-0.15, -0.1) is 0 Å². The number of amides is 1. The van der Waals surface area contributed by atoms with E-state index in [9.17, 15) is 4.79 Å². The van der Waals surface area contributed by atoms with E-state index in [2.05, 4.69) is 15.7 Å². The molecule has 0 atom stereocenters. The molecule has 1 saturated carbocycles. The maximum atomic E-state index is 12.2. The van der Waals surface area contributed by atoms with Crippen molar-refractivity contribution in [3.05, 3.63) is 17.7 Å². The monoisotopic (exact) mass is 288 g/mol. The zero-order valence-electron chi connectivity index (χ0n) is 12.6. The van der Waals surface area contributed by atoms with Crippen molar-refractivity contribution >= 4 is 5.91 Å². The Bertz CT molecular complexity index is 528. The summed E-state index contributed by atoms with van der Waals surface area (Å²) in [7, 11) is 0. The maximum absolute atomic E-state index is 12.2. The van der Waals surface area contributed by atoms with E-state index in [0.717, 1.165) is 31.9 Å². The first-order valence-corrected chi connectivity index (χ1v) is 8.33. The van der Waals surface area contributed by atoms with Crippen LogP contribution in [0, 0.1) is 5.92 Å². The highest BCUT2D eigenvalue weighted by atomic mass is 16.2. The van der Waals surface area contributed by atoms with Gasteiger partial charge in [-0.1, -0.05) is 0 Å². The molecule has 0 aromatic carbocycles. The molecule has 0 unspecified atom stereocenters. The van der Waals surface area contributed by atoms with Gasteiger partial charge in [0.1, 0.15) is 5.82 Å². The first-order chi connectivity index (χ1) is 10.3. The third-order valence-electron chi connectivity index (χ3n) is 4.95. The Morgan fingerprint density at radius 3 is 2.76 bits per heavy atom. The van der Waals surface area contributed by atoms with Gasteiger partial charge in [0.25, 0.3) is 0 Å². The SMILES string of the molecule is O=C(CC1CC1)N1CCn2cc(CN3CCCC3)nc2C1. The number of carbonyl (C=O) groups is 1. The van der Waals surface area contributed by atoms with E-state index >= 15 is 0 Å². The molecule has 0 bridgehead atoms. The molecule has 5 heteroatoms. The summed E-state index contributed by atoms with van der Waals surface area (Å²) < 4.78 is 2.24. The highest BCUT2D eigenvalue weighted by Gasteiger charge is 2.29. The summed E-state index contributed by atoms with van der Waals surface area (Å²) in [5.41, 5.74) is 1.17. The zero-order chi connectivity index (χ0) is 14.2. The normalized spacial score (nSPS) is 22.6. The zero-order valence-corrected chi connectivity index (χ0v) is 12.6. The number of likely N-dealkylation sites (tertiary alicyclic amines) is 1. The van der Waals surface area contributed by atoms with E-state index < -0.39 is 0 Å². The fourth-order valence-electron chi connectivity index (χ4n) is 3.47. The largest absolute Gasteiger partial charge is 0.333 e. The van der Waals surface area contributed by atoms with Crippen LogP contribution in [0.5, 0.6) is 0 Å². The van der Waals surface area contributed by atoms with E-state index in [4.69, 9.17) is 4.98 Å². The first kappa shape index (κ1) is 13.3. The molecular formula is C16H24N4O. The summed E-state index contributed by atoms with van der Waals surface area (Å²) >= 11 is 0. The van der Waals surface area contributed by atoms with Crippen LogP contribution in [-0.2, 0) is 24.4 Å². The van der Waals surface area contributed by atoms with Crippen molar-refractivity contribution in [2.75, 3.05) is 19.6 Å². The van der Waals surface area contributed by atoms with Gasteiger partial charge in [-0.25, -0.2) is 4.98 Å². The third kappa shape index (κ3) is 2.98. The highest BCUT2D eigenvalue weighted by Crippen LogP contribution is 2.33. The number of fused-ring (bicyclic) bond motifs is 1. The highest BCUT2D eigenvalue weighted by molar-refractivity contribution is 5.76. The number of hydrogen-bond donors (Lipinski definition) is 0. The van der Waals surface area contributed by atoms with Crippen molar-refractivity contribution in [3.63, 3.8) is 0 Å². The predicted molar refractivity (Wildman–Crippen MR) is 79.5 cm³/mol. The van der Waals surface area contributed by atoms with Crippen molar-refractivity contribution in [3.8, 4) is 0 Å². The number of rotatable bonds is 4. The van der Waals surface area contributed by atoms with Gasteiger partial charge in [-0.3, -0.25) is 9.69 Å².